The number of rotatable bonds is 7. The predicted molar refractivity (Wildman–Crippen MR) is 91.8 cm³/mol. The average molecular weight is 387 g/mol. The minimum atomic E-state index is -0.0382. The van der Waals surface area contributed by atoms with Gasteiger partial charge in [-0.2, -0.15) is 0 Å². The van der Waals surface area contributed by atoms with Crippen molar-refractivity contribution in [3.05, 3.63) is 22.8 Å². The molecule has 1 aliphatic rings. The van der Waals surface area contributed by atoms with Crippen molar-refractivity contribution in [2.45, 2.75) is 0 Å². The van der Waals surface area contributed by atoms with Crippen LogP contribution in [0.4, 0.5) is 10.6 Å². The fourth-order valence-corrected chi connectivity index (χ4v) is 2.51. The van der Waals surface area contributed by atoms with E-state index in [0.717, 1.165) is 23.4 Å². The Morgan fingerprint density at radius 2 is 2.04 bits per heavy atom. The second-order valence-electron chi connectivity index (χ2n) is 5.15. The fourth-order valence-electron chi connectivity index (χ4n) is 2.28. The third-order valence-electron chi connectivity index (χ3n) is 3.56. The van der Waals surface area contributed by atoms with E-state index >= 15 is 0 Å². The number of aromatic nitrogens is 1. The lowest BCUT2D eigenvalue weighted by Gasteiger charge is -2.35. The summed E-state index contributed by atoms with van der Waals surface area (Å²) < 4.78 is 11.2. The molecule has 128 valence electrons. The van der Waals surface area contributed by atoms with Crippen molar-refractivity contribution in [2.24, 2.45) is 0 Å². The number of piperazine rings is 1. The number of amides is 2. The number of nitrogens with zero attached hydrogens (tertiary/aromatic N) is 3. The smallest absolute Gasteiger partial charge is 0.317 e. The zero-order chi connectivity index (χ0) is 16.5. The van der Waals surface area contributed by atoms with Gasteiger partial charge in [-0.1, -0.05) is 0 Å². The fraction of sp³-hybridized carbons (Fsp3) is 0.600. The minimum Gasteiger partial charge on any atom is -0.382 e. The van der Waals surface area contributed by atoms with Crippen LogP contribution >= 0.6 is 15.9 Å². The largest absolute Gasteiger partial charge is 0.382 e. The Balaban J connectivity index is 1.65. The summed E-state index contributed by atoms with van der Waals surface area (Å²) in [7, 11) is 1.63. The topological polar surface area (TPSA) is 66.9 Å². The summed E-state index contributed by atoms with van der Waals surface area (Å²) in [6.07, 6.45) is 1.79. The van der Waals surface area contributed by atoms with Gasteiger partial charge in [-0.05, 0) is 28.1 Å². The molecule has 0 unspecified atom stereocenters. The number of hydrogen-bond acceptors (Lipinski definition) is 5. The molecule has 1 N–H and O–H groups in total. The normalized spacial score (nSPS) is 14.9. The molecule has 0 aliphatic carbocycles. The van der Waals surface area contributed by atoms with E-state index in [1.807, 2.05) is 17.0 Å². The maximum Gasteiger partial charge on any atom is 0.317 e. The van der Waals surface area contributed by atoms with Gasteiger partial charge in [0.25, 0.3) is 0 Å². The second-order valence-corrected chi connectivity index (χ2v) is 6.06. The van der Waals surface area contributed by atoms with E-state index < -0.39 is 0 Å². The number of methoxy groups -OCH3 is 1. The van der Waals surface area contributed by atoms with Gasteiger partial charge in [0.15, 0.2) is 0 Å². The van der Waals surface area contributed by atoms with Gasteiger partial charge in [0.05, 0.1) is 19.8 Å². The Bertz CT molecular complexity index is 478. The number of anilines is 1. The van der Waals surface area contributed by atoms with Gasteiger partial charge in [-0.3, -0.25) is 0 Å². The minimum absolute atomic E-state index is 0.0382. The summed E-state index contributed by atoms with van der Waals surface area (Å²) in [5.41, 5.74) is 0. The molecule has 2 amide bonds. The van der Waals surface area contributed by atoms with Crippen LogP contribution in [-0.4, -0.2) is 75.6 Å². The van der Waals surface area contributed by atoms with E-state index in [4.69, 9.17) is 9.47 Å². The Kier molecular flexibility index (Phi) is 7.57. The van der Waals surface area contributed by atoms with Gasteiger partial charge < -0.3 is 24.6 Å². The zero-order valence-electron chi connectivity index (χ0n) is 13.3. The Morgan fingerprint density at radius 3 is 2.70 bits per heavy atom. The molecular weight excluding hydrogens is 364 g/mol. The van der Waals surface area contributed by atoms with Crippen LogP contribution in [0, 0.1) is 0 Å². The number of hydrogen-bond donors (Lipinski definition) is 1. The number of carbonyl (C=O) groups is 1. The lowest BCUT2D eigenvalue weighted by molar-refractivity contribution is 0.0720. The zero-order valence-corrected chi connectivity index (χ0v) is 14.9. The van der Waals surface area contributed by atoms with E-state index in [9.17, 15) is 4.79 Å². The third-order valence-corrected chi connectivity index (χ3v) is 4.03. The van der Waals surface area contributed by atoms with Crippen molar-refractivity contribution in [3.63, 3.8) is 0 Å². The van der Waals surface area contributed by atoms with Crippen LogP contribution < -0.4 is 10.2 Å². The molecular formula is C15H23BrN4O3. The summed E-state index contributed by atoms with van der Waals surface area (Å²) in [5, 5.41) is 2.87. The van der Waals surface area contributed by atoms with Crippen molar-refractivity contribution in [3.8, 4) is 0 Å². The van der Waals surface area contributed by atoms with Gasteiger partial charge in [0.1, 0.15) is 5.82 Å². The van der Waals surface area contributed by atoms with Crippen LogP contribution in [0.25, 0.3) is 0 Å². The van der Waals surface area contributed by atoms with Crippen LogP contribution in [0.2, 0.25) is 0 Å². The standard InChI is InChI=1S/C15H23BrN4O3/c1-22-10-11-23-9-4-17-15(21)20-7-5-19(6-8-20)14-3-2-13(16)12-18-14/h2-3,12H,4-11H2,1H3,(H,17,21). The van der Waals surface area contributed by atoms with Crippen molar-refractivity contribution >= 4 is 27.8 Å². The monoisotopic (exact) mass is 386 g/mol. The lowest BCUT2D eigenvalue weighted by atomic mass is 10.3. The van der Waals surface area contributed by atoms with Crippen molar-refractivity contribution in [1.29, 1.82) is 0 Å². The molecule has 1 fully saturated rings. The highest BCUT2D eigenvalue weighted by atomic mass is 79.9. The van der Waals surface area contributed by atoms with Crippen LogP contribution in [0.3, 0.4) is 0 Å². The van der Waals surface area contributed by atoms with Gasteiger partial charge >= 0.3 is 6.03 Å². The van der Waals surface area contributed by atoms with Gasteiger partial charge in [0, 0.05) is 50.5 Å². The highest BCUT2D eigenvalue weighted by Gasteiger charge is 2.21. The maximum absolute atomic E-state index is 12.1. The van der Waals surface area contributed by atoms with Gasteiger partial charge in [-0.15, -0.1) is 0 Å². The first-order valence-electron chi connectivity index (χ1n) is 7.66. The maximum atomic E-state index is 12.1. The van der Waals surface area contributed by atoms with Crippen molar-refractivity contribution < 1.29 is 14.3 Å². The van der Waals surface area contributed by atoms with E-state index in [1.54, 1.807) is 13.3 Å². The lowest BCUT2D eigenvalue weighted by Crippen LogP contribution is -2.52. The van der Waals surface area contributed by atoms with Crippen molar-refractivity contribution in [2.75, 3.05) is 64.6 Å². The summed E-state index contributed by atoms with van der Waals surface area (Å²) in [6.45, 7) is 5.07. The molecule has 1 aliphatic heterocycles. The molecule has 8 heteroatoms. The number of ether oxygens (including phenoxy) is 2. The molecule has 0 saturated carbocycles. The first-order valence-corrected chi connectivity index (χ1v) is 8.46. The Labute approximate surface area is 145 Å². The third kappa shape index (κ3) is 5.96. The van der Waals surface area contributed by atoms with E-state index in [0.29, 0.717) is 39.5 Å². The average Bonchev–Trinajstić information content (AvgIpc) is 2.58. The molecule has 2 rings (SSSR count). The van der Waals surface area contributed by atoms with Crippen LogP contribution in [0.1, 0.15) is 0 Å². The van der Waals surface area contributed by atoms with Gasteiger partial charge in [-0.25, -0.2) is 9.78 Å². The summed E-state index contributed by atoms with van der Waals surface area (Å²) in [4.78, 5) is 20.5. The summed E-state index contributed by atoms with van der Waals surface area (Å²) in [6, 6.07) is 3.92. The summed E-state index contributed by atoms with van der Waals surface area (Å²) in [5.74, 6) is 0.944. The molecule has 0 radical (unpaired) electrons. The Hall–Kier alpha value is -1.38. The first kappa shape index (κ1) is 18.0. The molecule has 0 aromatic carbocycles. The van der Waals surface area contributed by atoms with Gasteiger partial charge in [0.2, 0.25) is 0 Å². The molecule has 23 heavy (non-hydrogen) atoms. The van der Waals surface area contributed by atoms with E-state index in [2.05, 4.69) is 31.1 Å². The molecule has 2 heterocycles. The number of halogens is 1. The number of pyridine rings is 1. The molecule has 0 spiro atoms. The number of urea groups is 1. The highest BCUT2D eigenvalue weighted by molar-refractivity contribution is 9.10. The molecule has 1 aromatic rings. The molecule has 1 aromatic heterocycles. The molecule has 0 bridgehead atoms. The number of carbonyl (C=O) groups excluding carboxylic acids is 1. The molecule has 1 saturated heterocycles. The first-order chi connectivity index (χ1) is 11.2. The Morgan fingerprint density at radius 1 is 1.26 bits per heavy atom. The highest BCUT2D eigenvalue weighted by Crippen LogP contribution is 2.16. The molecule has 7 nitrogen and oxygen atoms in total. The van der Waals surface area contributed by atoms with E-state index in [-0.39, 0.29) is 6.03 Å². The quantitative estimate of drug-likeness (QED) is 0.716. The van der Waals surface area contributed by atoms with Crippen LogP contribution in [-0.2, 0) is 9.47 Å². The van der Waals surface area contributed by atoms with E-state index in [1.165, 1.54) is 0 Å². The van der Waals surface area contributed by atoms with Crippen molar-refractivity contribution in [1.82, 2.24) is 15.2 Å². The second kappa shape index (κ2) is 9.69. The SMILES string of the molecule is COCCOCCNC(=O)N1CCN(c2ccc(Br)cn2)CC1. The predicted octanol–water partition coefficient (Wildman–Crippen LogP) is 1.34. The summed E-state index contributed by atoms with van der Waals surface area (Å²) >= 11 is 3.38. The molecule has 0 atom stereocenters. The number of nitrogens with one attached hydrogen (secondary N) is 1. The van der Waals surface area contributed by atoms with Crippen LogP contribution in [0.5, 0.6) is 0 Å². The van der Waals surface area contributed by atoms with Crippen LogP contribution in [0.15, 0.2) is 22.8 Å².